The monoisotopic (exact) mass is 352 g/mol. The topological polar surface area (TPSA) is 90.8 Å². The van der Waals surface area contributed by atoms with Gasteiger partial charge in [0.05, 0.1) is 12.6 Å². The zero-order chi connectivity index (χ0) is 18.8. The zero-order valence-electron chi connectivity index (χ0n) is 15.2. The number of carbonyl (C=O) groups excluding carboxylic acids is 1. The second-order valence-electron chi connectivity index (χ2n) is 5.88. The van der Waals surface area contributed by atoms with Crippen LogP contribution in [0.4, 0.5) is 0 Å². The summed E-state index contributed by atoms with van der Waals surface area (Å²) in [6.07, 6.45) is 7.29. The lowest BCUT2D eigenvalue weighted by molar-refractivity contribution is -0.117. The van der Waals surface area contributed by atoms with Crippen molar-refractivity contribution in [2.45, 2.75) is 39.2 Å². The highest BCUT2D eigenvalue weighted by Crippen LogP contribution is 2.22. The predicted molar refractivity (Wildman–Crippen MR) is 100 cm³/mol. The molecule has 6 heteroatoms. The molecule has 0 aliphatic heterocycles. The molecule has 2 rings (SSSR count). The lowest BCUT2D eigenvalue weighted by atomic mass is 10.0. The Kier molecular flexibility index (Phi) is 7.44. The van der Waals surface area contributed by atoms with Gasteiger partial charge in [-0.3, -0.25) is 4.79 Å². The lowest BCUT2D eigenvalue weighted by Crippen LogP contribution is -2.29. The molecular formula is C20H24N4O2. The molecule has 0 aliphatic rings. The van der Waals surface area contributed by atoms with E-state index in [1.807, 2.05) is 30.3 Å². The zero-order valence-corrected chi connectivity index (χ0v) is 15.2. The molecule has 136 valence electrons. The van der Waals surface area contributed by atoms with Gasteiger partial charge in [-0.25, -0.2) is 4.98 Å². The van der Waals surface area contributed by atoms with Gasteiger partial charge in [0.25, 0.3) is 5.91 Å². The molecule has 6 nitrogen and oxygen atoms in total. The molecule has 2 aromatic rings. The predicted octanol–water partition coefficient (Wildman–Crippen LogP) is 3.76. The summed E-state index contributed by atoms with van der Waals surface area (Å²) in [5, 5.41) is 12.2. The summed E-state index contributed by atoms with van der Waals surface area (Å²) < 4.78 is 5.60. The third kappa shape index (κ3) is 5.49. The number of nitrogens with zero attached hydrogens (tertiary/aromatic N) is 2. The van der Waals surface area contributed by atoms with E-state index < -0.39 is 5.91 Å². The number of aromatic nitrogens is 2. The van der Waals surface area contributed by atoms with Crippen LogP contribution >= 0.6 is 0 Å². The number of ether oxygens (including phenoxy) is 1. The first-order valence-electron chi connectivity index (χ1n) is 8.82. The van der Waals surface area contributed by atoms with E-state index >= 15 is 0 Å². The van der Waals surface area contributed by atoms with E-state index in [2.05, 4.69) is 29.1 Å². The number of hydrogen-bond donors (Lipinski definition) is 2. The van der Waals surface area contributed by atoms with Crippen LogP contribution in [0, 0.1) is 11.3 Å². The minimum absolute atomic E-state index is 0.0175. The summed E-state index contributed by atoms with van der Waals surface area (Å²) in [4.78, 5) is 19.4. The number of nitrogens with one attached hydrogen (secondary N) is 2. The fourth-order valence-corrected chi connectivity index (χ4v) is 2.50. The minimum Gasteiger partial charge on any atom is -0.494 e. The molecule has 0 aliphatic carbocycles. The second kappa shape index (κ2) is 10.0. The van der Waals surface area contributed by atoms with Gasteiger partial charge in [0, 0.05) is 18.5 Å². The highest BCUT2D eigenvalue weighted by atomic mass is 16.5. The third-order valence-electron chi connectivity index (χ3n) is 3.80. The maximum Gasteiger partial charge on any atom is 0.262 e. The molecule has 0 spiro atoms. The van der Waals surface area contributed by atoms with Crippen molar-refractivity contribution >= 4 is 12.0 Å². The van der Waals surface area contributed by atoms with E-state index in [0.29, 0.717) is 12.4 Å². The van der Waals surface area contributed by atoms with Gasteiger partial charge in [-0.2, -0.15) is 5.26 Å². The number of amides is 1. The Bertz CT molecular complexity index is 758. The van der Waals surface area contributed by atoms with E-state index in [0.717, 1.165) is 30.6 Å². The van der Waals surface area contributed by atoms with Crippen molar-refractivity contribution in [2.75, 3.05) is 6.61 Å². The molecule has 0 bridgehead atoms. The van der Waals surface area contributed by atoms with Gasteiger partial charge < -0.3 is 15.0 Å². The van der Waals surface area contributed by atoms with Crippen LogP contribution in [-0.4, -0.2) is 22.5 Å². The molecule has 1 atom stereocenters. The molecule has 0 saturated carbocycles. The van der Waals surface area contributed by atoms with Gasteiger partial charge >= 0.3 is 0 Å². The minimum atomic E-state index is -0.409. The molecule has 1 aromatic carbocycles. The van der Waals surface area contributed by atoms with Gasteiger partial charge in [0.1, 0.15) is 23.2 Å². The summed E-state index contributed by atoms with van der Waals surface area (Å²) in [6, 6.07) is 9.49. The Balaban J connectivity index is 2.11. The Labute approximate surface area is 153 Å². The van der Waals surface area contributed by atoms with Crippen LogP contribution in [0.2, 0.25) is 0 Å². The molecule has 1 amide bonds. The lowest BCUT2D eigenvalue weighted by Gasteiger charge is -2.19. The van der Waals surface area contributed by atoms with Crippen LogP contribution in [0.5, 0.6) is 5.75 Å². The van der Waals surface area contributed by atoms with Gasteiger partial charge in [-0.05, 0) is 30.5 Å². The van der Waals surface area contributed by atoms with Crippen LogP contribution in [0.15, 0.2) is 42.2 Å². The molecule has 2 N–H and O–H groups in total. The van der Waals surface area contributed by atoms with Crippen molar-refractivity contribution in [3.8, 4) is 11.8 Å². The number of imidazole rings is 1. The largest absolute Gasteiger partial charge is 0.494 e. The van der Waals surface area contributed by atoms with Crippen molar-refractivity contribution in [3.63, 3.8) is 0 Å². The van der Waals surface area contributed by atoms with Gasteiger partial charge in [0.15, 0.2) is 0 Å². The second-order valence-corrected chi connectivity index (χ2v) is 5.88. The maximum absolute atomic E-state index is 12.5. The molecule has 26 heavy (non-hydrogen) atoms. The van der Waals surface area contributed by atoms with E-state index in [1.165, 1.54) is 6.08 Å². The van der Waals surface area contributed by atoms with Crippen LogP contribution in [-0.2, 0) is 4.79 Å². The maximum atomic E-state index is 12.5. The number of nitriles is 1. The first-order valence-corrected chi connectivity index (χ1v) is 8.82. The van der Waals surface area contributed by atoms with E-state index in [4.69, 9.17) is 4.74 Å². The summed E-state index contributed by atoms with van der Waals surface area (Å²) in [6.45, 7) is 4.80. The van der Waals surface area contributed by atoms with E-state index in [1.54, 1.807) is 12.4 Å². The van der Waals surface area contributed by atoms with E-state index in [-0.39, 0.29) is 11.6 Å². The first kappa shape index (κ1) is 19.3. The summed E-state index contributed by atoms with van der Waals surface area (Å²) in [5.41, 5.74) is 1.00. The standard InChI is InChI=1S/C20H24N4O2/c1-3-5-18(15-6-8-17(9-7-15)26-12-4-2)24-20(25)16(14-21)13-19-22-10-11-23-19/h6-11,13,18H,3-5,12H2,1-2H3,(H,22,23)(H,24,25)/b16-13+. The average molecular weight is 352 g/mol. The molecule has 1 aromatic heterocycles. The summed E-state index contributed by atoms with van der Waals surface area (Å²) >= 11 is 0. The van der Waals surface area contributed by atoms with Gasteiger partial charge in [-0.1, -0.05) is 32.4 Å². The molecule has 1 heterocycles. The number of hydrogen-bond acceptors (Lipinski definition) is 4. The van der Waals surface area contributed by atoms with Crippen LogP contribution in [0.1, 0.15) is 50.5 Å². The molecule has 0 fully saturated rings. The third-order valence-corrected chi connectivity index (χ3v) is 3.80. The summed E-state index contributed by atoms with van der Waals surface area (Å²) in [5.74, 6) is 0.877. The van der Waals surface area contributed by atoms with Crippen LogP contribution in [0.25, 0.3) is 6.08 Å². The number of aromatic amines is 1. The fraction of sp³-hybridized carbons (Fsp3) is 0.350. The van der Waals surface area contributed by atoms with Crippen LogP contribution < -0.4 is 10.1 Å². The molecule has 1 unspecified atom stereocenters. The molecule has 0 radical (unpaired) electrons. The quantitative estimate of drug-likeness (QED) is 0.531. The van der Waals surface area contributed by atoms with Crippen molar-refractivity contribution in [1.82, 2.24) is 15.3 Å². The molecular weight excluding hydrogens is 328 g/mol. The van der Waals surface area contributed by atoms with Crippen molar-refractivity contribution in [1.29, 1.82) is 5.26 Å². The number of rotatable bonds is 9. The molecule has 0 saturated heterocycles. The number of H-pyrrole nitrogens is 1. The van der Waals surface area contributed by atoms with Gasteiger partial charge in [0.2, 0.25) is 0 Å². The van der Waals surface area contributed by atoms with Gasteiger partial charge in [-0.15, -0.1) is 0 Å². The Hall–Kier alpha value is -3.07. The Morgan fingerprint density at radius 1 is 1.35 bits per heavy atom. The SMILES string of the molecule is CCCOc1ccc(C(CCC)NC(=O)/C(C#N)=C/c2ncc[nH]2)cc1. The Morgan fingerprint density at radius 2 is 2.12 bits per heavy atom. The average Bonchev–Trinajstić information content (AvgIpc) is 3.17. The highest BCUT2D eigenvalue weighted by Gasteiger charge is 2.17. The summed E-state index contributed by atoms with van der Waals surface area (Å²) in [7, 11) is 0. The van der Waals surface area contributed by atoms with Crippen molar-refractivity contribution in [2.24, 2.45) is 0 Å². The number of carbonyl (C=O) groups is 1. The van der Waals surface area contributed by atoms with Crippen molar-refractivity contribution < 1.29 is 9.53 Å². The van der Waals surface area contributed by atoms with Crippen molar-refractivity contribution in [3.05, 3.63) is 53.6 Å². The fourth-order valence-electron chi connectivity index (χ4n) is 2.50. The Morgan fingerprint density at radius 3 is 2.69 bits per heavy atom. The normalized spacial score (nSPS) is 12.3. The first-order chi connectivity index (χ1) is 12.7. The highest BCUT2D eigenvalue weighted by molar-refractivity contribution is 6.01. The van der Waals surface area contributed by atoms with Crippen LogP contribution in [0.3, 0.4) is 0 Å². The number of benzene rings is 1. The smallest absolute Gasteiger partial charge is 0.262 e. The van der Waals surface area contributed by atoms with E-state index in [9.17, 15) is 10.1 Å².